The minimum absolute atomic E-state index is 0.135. The Morgan fingerprint density at radius 1 is 1.10 bits per heavy atom. The van der Waals surface area contributed by atoms with Gasteiger partial charge in [-0.2, -0.15) is 0 Å². The first-order chi connectivity index (χ1) is 9.74. The lowest BCUT2D eigenvalue weighted by Gasteiger charge is -2.23. The Hall–Kier alpha value is -1.31. The van der Waals surface area contributed by atoms with Crippen LogP contribution in [0.3, 0.4) is 0 Å². The summed E-state index contributed by atoms with van der Waals surface area (Å²) in [6.45, 7) is 2.11. The topological polar surface area (TPSA) is 29.1 Å². The Kier molecular flexibility index (Phi) is 4.09. The van der Waals surface area contributed by atoms with Gasteiger partial charge in [0.1, 0.15) is 0 Å². The Morgan fingerprint density at radius 2 is 1.85 bits per heavy atom. The fraction of sp³-hybridized carbons (Fsp3) is 0.611. The van der Waals surface area contributed by atoms with E-state index in [1.165, 1.54) is 55.2 Å². The second kappa shape index (κ2) is 5.99. The van der Waals surface area contributed by atoms with E-state index in [1.807, 2.05) is 0 Å². The second-order valence-corrected chi connectivity index (χ2v) is 6.45. The number of carbonyl (C=O) groups excluding carboxylic acids is 1. The average Bonchev–Trinajstić information content (AvgIpc) is 2.95. The summed E-state index contributed by atoms with van der Waals surface area (Å²) in [6, 6.07) is 6.88. The molecule has 0 bridgehead atoms. The number of amides is 1. The van der Waals surface area contributed by atoms with Gasteiger partial charge in [-0.25, -0.2) is 0 Å². The first kappa shape index (κ1) is 13.7. The van der Waals surface area contributed by atoms with Crippen LogP contribution in [0.15, 0.2) is 18.2 Å². The van der Waals surface area contributed by atoms with Gasteiger partial charge in [-0.1, -0.05) is 37.5 Å². The third-order valence-electron chi connectivity index (χ3n) is 4.96. The van der Waals surface area contributed by atoms with Crippen LogP contribution in [0, 0.1) is 5.92 Å². The normalized spacial score (nSPS) is 20.4. The monoisotopic (exact) mass is 271 g/mol. The highest BCUT2D eigenvalue weighted by atomic mass is 16.1. The van der Waals surface area contributed by atoms with Crippen molar-refractivity contribution >= 4 is 5.91 Å². The first-order valence-corrected chi connectivity index (χ1v) is 8.16. The number of nitrogens with one attached hydrogen (secondary N) is 1. The van der Waals surface area contributed by atoms with Gasteiger partial charge < -0.3 is 5.32 Å². The van der Waals surface area contributed by atoms with Crippen LogP contribution in [-0.4, -0.2) is 5.91 Å². The zero-order valence-electron chi connectivity index (χ0n) is 12.5. The molecule has 2 aliphatic carbocycles. The Balaban J connectivity index is 1.63. The molecule has 2 aliphatic rings. The molecule has 2 heteroatoms. The second-order valence-electron chi connectivity index (χ2n) is 6.45. The summed E-state index contributed by atoms with van der Waals surface area (Å²) in [6.07, 6.45) is 9.57. The van der Waals surface area contributed by atoms with Crippen molar-refractivity contribution in [3.63, 3.8) is 0 Å². The minimum Gasteiger partial charge on any atom is -0.349 e. The van der Waals surface area contributed by atoms with Gasteiger partial charge in [0, 0.05) is 5.92 Å². The zero-order chi connectivity index (χ0) is 13.9. The molecule has 108 valence electrons. The van der Waals surface area contributed by atoms with Crippen molar-refractivity contribution in [1.29, 1.82) is 0 Å². The fourth-order valence-electron chi connectivity index (χ4n) is 3.64. The maximum atomic E-state index is 12.3. The van der Waals surface area contributed by atoms with Gasteiger partial charge in [-0.05, 0) is 55.7 Å². The van der Waals surface area contributed by atoms with Crippen molar-refractivity contribution in [3.8, 4) is 0 Å². The largest absolute Gasteiger partial charge is 0.349 e. The number of benzene rings is 1. The van der Waals surface area contributed by atoms with Crippen LogP contribution in [0.25, 0.3) is 0 Å². The van der Waals surface area contributed by atoms with Gasteiger partial charge in [0.25, 0.3) is 0 Å². The van der Waals surface area contributed by atoms with E-state index in [-0.39, 0.29) is 17.9 Å². The summed E-state index contributed by atoms with van der Waals surface area (Å²) < 4.78 is 0. The van der Waals surface area contributed by atoms with E-state index in [9.17, 15) is 4.79 Å². The molecule has 20 heavy (non-hydrogen) atoms. The Bertz CT molecular complexity index is 488. The molecular formula is C18H25NO. The molecule has 1 N–H and O–H groups in total. The van der Waals surface area contributed by atoms with Crippen LogP contribution in [0.4, 0.5) is 0 Å². The standard InChI is InChI=1S/C18H25NO/c1-13(19-18(20)15-6-3-2-4-7-15)16-11-10-14-8-5-9-17(14)12-16/h10-13,15H,2-9H2,1H3,(H,19,20)/t13-/m0/s1. The predicted octanol–water partition coefficient (Wildman–Crippen LogP) is 3.93. The number of fused-ring (bicyclic) bond motifs is 1. The van der Waals surface area contributed by atoms with Gasteiger partial charge in [0.05, 0.1) is 6.04 Å². The van der Waals surface area contributed by atoms with E-state index in [0.29, 0.717) is 0 Å². The molecule has 1 aromatic carbocycles. The molecule has 1 aromatic rings. The molecule has 1 atom stereocenters. The number of hydrogen-bond acceptors (Lipinski definition) is 1. The fourth-order valence-corrected chi connectivity index (χ4v) is 3.64. The van der Waals surface area contributed by atoms with Gasteiger partial charge in [-0.15, -0.1) is 0 Å². The van der Waals surface area contributed by atoms with Crippen LogP contribution in [0.2, 0.25) is 0 Å². The summed E-state index contributed by atoms with van der Waals surface area (Å²) in [5.41, 5.74) is 4.25. The lowest BCUT2D eigenvalue weighted by molar-refractivity contribution is -0.126. The predicted molar refractivity (Wildman–Crippen MR) is 81.6 cm³/mol. The molecule has 3 rings (SSSR count). The molecule has 0 aromatic heterocycles. The highest BCUT2D eigenvalue weighted by Crippen LogP contribution is 2.27. The van der Waals surface area contributed by atoms with Gasteiger partial charge in [0.15, 0.2) is 0 Å². The number of aryl methyl sites for hydroxylation is 2. The Labute approximate surface area is 122 Å². The van der Waals surface area contributed by atoms with Crippen LogP contribution < -0.4 is 5.32 Å². The maximum Gasteiger partial charge on any atom is 0.223 e. The van der Waals surface area contributed by atoms with Crippen LogP contribution >= 0.6 is 0 Å². The molecule has 0 heterocycles. The van der Waals surface area contributed by atoms with Crippen LogP contribution in [0.1, 0.15) is 68.2 Å². The summed E-state index contributed by atoms with van der Waals surface area (Å²) in [4.78, 5) is 12.3. The van der Waals surface area contributed by atoms with Crippen molar-refractivity contribution in [2.24, 2.45) is 5.92 Å². The number of rotatable bonds is 3. The molecule has 1 fully saturated rings. The van der Waals surface area contributed by atoms with Crippen molar-refractivity contribution in [2.75, 3.05) is 0 Å². The number of hydrogen-bond donors (Lipinski definition) is 1. The quantitative estimate of drug-likeness (QED) is 0.886. The molecule has 0 aliphatic heterocycles. The molecule has 1 amide bonds. The minimum atomic E-state index is 0.135. The lowest BCUT2D eigenvalue weighted by Crippen LogP contribution is -2.33. The van der Waals surface area contributed by atoms with Crippen molar-refractivity contribution in [3.05, 3.63) is 34.9 Å². The van der Waals surface area contributed by atoms with Gasteiger partial charge in [0.2, 0.25) is 5.91 Å². The van der Waals surface area contributed by atoms with E-state index in [2.05, 4.69) is 30.4 Å². The highest BCUT2D eigenvalue weighted by molar-refractivity contribution is 5.79. The van der Waals surface area contributed by atoms with E-state index in [4.69, 9.17) is 0 Å². The van der Waals surface area contributed by atoms with E-state index < -0.39 is 0 Å². The van der Waals surface area contributed by atoms with E-state index in [1.54, 1.807) is 0 Å². The van der Waals surface area contributed by atoms with Gasteiger partial charge >= 0.3 is 0 Å². The SMILES string of the molecule is C[C@H](NC(=O)C1CCCCC1)c1ccc2c(c1)CCC2. The molecule has 0 unspecified atom stereocenters. The molecule has 1 saturated carbocycles. The summed E-state index contributed by atoms with van der Waals surface area (Å²) in [5, 5.41) is 3.22. The summed E-state index contributed by atoms with van der Waals surface area (Å²) >= 11 is 0. The van der Waals surface area contributed by atoms with E-state index >= 15 is 0 Å². The molecule has 0 radical (unpaired) electrons. The summed E-state index contributed by atoms with van der Waals surface area (Å²) in [7, 11) is 0. The van der Waals surface area contributed by atoms with E-state index in [0.717, 1.165) is 12.8 Å². The van der Waals surface area contributed by atoms with Crippen LogP contribution in [0.5, 0.6) is 0 Å². The zero-order valence-corrected chi connectivity index (χ0v) is 12.5. The third-order valence-corrected chi connectivity index (χ3v) is 4.96. The highest BCUT2D eigenvalue weighted by Gasteiger charge is 2.23. The van der Waals surface area contributed by atoms with Crippen LogP contribution in [-0.2, 0) is 17.6 Å². The smallest absolute Gasteiger partial charge is 0.223 e. The van der Waals surface area contributed by atoms with Gasteiger partial charge in [-0.3, -0.25) is 4.79 Å². The maximum absolute atomic E-state index is 12.3. The molecular weight excluding hydrogens is 246 g/mol. The average molecular weight is 271 g/mol. The van der Waals surface area contributed by atoms with Crippen molar-refractivity contribution in [2.45, 2.75) is 64.3 Å². The lowest BCUT2D eigenvalue weighted by atomic mass is 9.88. The molecule has 0 saturated heterocycles. The Morgan fingerprint density at radius 3 is 2.65 bits per heavy atom. The van der Waals surface area contributed by atoms with Crippen molar-refractivity contribution < 1.29 is 4.79 Å². The number of carbonyl (C=O) groups is 1. The third kappa shape index (κ3) is 2.89. The molecule has 0 spiro atoms. The molecule has 2 nitrogen and oxygen atoms in total. The summed E-state index contributed by atoms with van der Waals surface area (Å²) in [5.74, 6) is 0.512. The van der Waals surface area contributed by atoms with Crippen molar-refractivity contribution in [1.82, 2.24) is 5.32 Å². The first-order valence-electron chi connectivity index (χ1n) is 8.16.